The molecular formula is C25H31ClN4O2. The molecule has 32 heavy (non-hydrogen) atoms. The number of benzene rings is 2. The third kappa shape index (κ3) is 6.02. The van der Waals surface area contributed by atoms with Gasteiger partial charge in [0.05, 0.1) is 0 Å². The van der Waals surface area contributed by atoms with Crippen LogP contribution in [0, 0.1) is 0 Å². The van der Waals surface area contributed by atoms with Crippen molar-refractivity contribution in [3.05, 3.63) is 64.7 Å². The van der Waals surface area contributed by atoms with Gasteiger partial charge >= 0.3 is 6.03 Å². The maximum absolute atomic E-state index is 12.7. The second-order valence-corrected chi connectivity index (χ2v) is 9.09. The third-order valence-electron chi connectivity index (χ3n) is 6.34. The lowest BCUT2D eigenvalue weighted by Gasteiger charge is -2.33. The van der Waals surface area contributed by atoms with E-state index >= 15 is 0 Å². The van der Waals surface area contributed by atoms with Gasteiger partial charge in [-0.05, 0) is 80.7 Å². The van der Waals surface area contributed by atoms with Crippen molar-refractivity contribution >= 4 is 29.2 Å². The number of nitrogens with one attached hydrogen (secondary N) is 2. The predicted molar refractivity (Wildman–Crippen MR) is 128 cm³/mol. The number of rotatable bonds is 6. The highest BCUT2D eigenvalue weighted by atomic mass is 35.5. The van der Waals surface area contributed by atoms with E-state index in [0.717, 1.165) is 50.3 Å². The Labute approximate surface area is 194 Å². The van der Waals surface area contributed by atoms with E-state index in [2.05, 4.69) is 21.6 Å². The summed E-state index contributed by atoms with van der Waals surface area (Å²) in [7, 11) is 0. The first-order valence-electron chi connectivity index (χ1n) is 11.5. The summed E-state index contributed by atoms with van der Waals surface area (Å²) >= 11 is 5.92. The van der Waals surface area contributed by atoms with E-state index in [4.69, 9.17) is 11.6 Å². The monoisotopic (exact) mass is 454 g/mol. The highest BCUT2D eigenvalue weighted by Gasteiger charge is 2.25. The molecule has 2 aliphatic heterocycles. The number of carbonyl (C=O) groups is 2. The molecule has 7 heteroatoms. The molecule has 2 aromatic rings. The molecule has 2 fully saturated rings. The predicted octanol–water partition coefficient (Wildman–Crippen LogP) is 4.58. The number of urea groups is 1. The van der Waals surface area contributed by atoms with Gasteiger partial charge in [0.15, 0.2) is 0 Å². The lowest BCUT2D eigenvalue weighted by molar-refractivity contribution is 0.0949. The molecule has 170 valence electrons. The minimum atomic E-state index is -0.104. The highest BCUT2D eigenvalue weighted by Crippen LogP contribution is 2.28. The molecule has 0 spiro atoms. The fourth-order valence-corrected chi connectivity index (χ4v) is 4.67. The molecule has 0 radical (unpaired) electrons. The topological polar surface area (TPSA) is 64.7 Å². The van der Waals surface area contributed by atoms with Crippen molar-refractivity contribution in [3.63, 3.8) is 0 Å². The zero-order chi connectivity index (χ0) is 22.3. The van der Waals surface area contributed by atoms with Gasteiger partial charge in [-0.25, -0.2) is 4.79 Å². The zero-order valence-corrected chi connectivity index (χ0v) is 19.1. The molecule has 2 aliphatic rings. The second-order valence-electron chi connectivity index (χ2n) is 8.65. The van der Waals surface area contributed by atoms with Crippen molar-refractivity contribution in [3.8, 4) is 0 Å². The standard InChI is InChI=1S/C25H31ClN4O2/c26-22-8-10-23(11-9-22)28-25(32)30-15-4-7-21(18-30)19-5-3-6-20(17-19)24(31)27-12-16-29-13-1-2-14-29/h3,5-6,8-11,17,21H,1-2,4,7,12-16,18H2,(H,27,31)(H,28,32)/t21-/m1/s1. The van der Waals surface area contributed by atoms with Crippen LogP contribution in [0.15, 0.2) is 48.5 Å². The Balaban J connectivity index is 1.33. The van der Waals surface area contributed by atoms with Gasteiger partial charge in [-0.15, -0.1) is 0 Å². The molecule has 0 bridgehead atoms. The molecule has 1 atom stereocenters. The van der Waals surface area contributed by atoms with E-state index in [9.17, 15) is 9.59 Å². The van der Waals surface area contributed by atoms with Crippen LogP contribution in [0.25, 0.3) is 0 Å². The zero-order valence-electron chi connectivity index (χ0n) is 18.4. The van der Waals surface area contributed by atoms with Crippen LogP contribution in [-0.4, -0.2) is 61.0 Å². The van der Waals surface area contributed by atoms with Crippen LogP contribution >= 0.6 is 11.6 Å². The fourth-order valence-electron chi connectivity index (χ4n) is 4.54. The summed E-state index contributed by atoms with van der Waals surface area (Å²) in [5.74, 6) is 0.191. The number of carbonyl (C=O) groups excluding carboxylic acids is 2. The maximum Gasteiger partial charge on any atom is 0.321 e. The van der Waals surface area contributed by atoms with Gasteiger partial charge in [0.2, 0.25) is 0 Å². The number of halogens is 1. The summed E-state index contributed by atoms with van der Waals surface area (Å²) in [5, 5.41) is 6.64. The largest absolute Gasteiger partial charge is 0.351 e. The highest BCUT2D eigenvalue weighted by molar-refractivity contribution is 6.30. The number of nitrogens with zero attached hydrogens (tertiary/aromatic N) is 2. The molecule has 6 nitrogen and oxygen atoms in total. The Morgan fingerprint density at radius 3 is 2.56 bits per heavy atom. The molecule has 0 aliphatic carbocycles. The molecule has 2 N–H and O–H groups in total. The van der Waals surface area contributed by atoms with Crippen molar-refractivity contribution in [1.82, 2.24) is 15.1 Å². The Morgan fingerprint density at radius 1 is 1.00 bits per heavy atom. The van der Waals surface area contributed by atoms with Gasteiger partial charge in [0.1, 0.15) is 0 Å². The fraction of sp³-hybridized carbons (Fsp3) is 0.440. The summed E-state index contributed by atoms with van der Waals surface area (Å²) in [4.78, 5) is 29.6. The Bertz CT molecular complexity index is 928. The van der Waals surface area contributed by atoms with Gasteiger partial charge in [-0.2, -0.15) is 0 Å². The number of hydrogen-bond donors (Lipinski definition) is 2. The molecule has 4 rings (SSSR count). The van der Waals surface area contributed by atoms with E-state index < -0.39 is 0 Å². The first-order valence-corrected chi connectivity index (χ1v) is 11.9. The van der Waals surface area contributed by atoms with Crippen molar-refractivity contribution in [1.29, 1.82) is 0 Å². The number of likely N-dealkylation sites (tertiary alicyclic amines) is 2. The van der Waals surface area contributed by atoms with Crippen LogP contribution in [0.4, 0.5) is 10.5 Å². The van der Waals surface area contributed by atoms with Gasteiger partial charge in [0.25, 0.3) is 5.91 Å². The van der Waals surface area contributed by atoms with Gasteiger partial charge in [-0.1, -0.05) is 23.7 Å². The van der Waals surface area contributed by atoms with E-state index in [-0.39, 0.29) is 17.9 Å². The van der Waals surface area contributed by atoms with E-state index in [1.165, 1.54) is 12.8 Å². The molecule has 2 saturated heterocycles. The first-order chi connectivity index (χ1) is 15.6. The van der Waals surface area contributed by atoms with Gasteiger partial charge in [-0.3, -0.25) is 4.79 Å². The summed E-state index contributed by atoms with van der Waals surface area (Å²) in [6.07, 6.45) is 4.45. The molecule has 0 aromatic heterocycles. The van der Waals surface area contributed by atoms with Crippen LogP contribution in [0.1, 0.15) is 47.5 Å². The summed E-state index contributed by atoms with van der Waals surface area (Å²) in [6, 6.07) is 14.9. The van der Waals surface area contributed by atoms with Crippen LogP contribution < -0.4 is 10.6 Å². The van der Waals surface area contributed by atoms with Crippen LogP contribution in [0.2, 0.25) is 5.02 Å². The lowest BCUT2D eigenvalue weighted by atomic mass is 9.89. The first kappa shape index (κ1) is 22.6. The Morgan fingerprint density at radius 2 is 1.78 bits per heavy atom. The Hall–Kier alpha value is -2.57. The second kappa shape index (κ2) is 10.8. The number of piperidine rings is 1. The third-order valence-corrected chi connectivity index (χ3v) is 6.59. The van der Waals surface area contributed by atoms with Crippen molar-refractivity contribution in [2.75, 3.05) is 44.6 Å². The average molecular weight is 455 g/mol. The van der Waals surface area contributed by atoms with Gasteiger partial charge in [0, 0.05) is 48.4 Å². The lowest BCUT2D eigenvalue weighted by Crippen LogP contribution is -2.41. The van der Waals surface area contributed by atoms with Crippen LogP contribution in [0.3, 0.4) is 0 Å². The van der Waals surface area contributed by atoms with Crippen LogP contribution in [-0.2, 0) is 0 Å². The van der Waals surface area contributed by atoms with Crippen molar-refractivity contribution < 1.29 is 9.59 Å². The van der Waals surface area contributed by atoms with Crippen LogP contribution in [0.5, 0.6) is 0 Å². The average Bonchev–Trinajstić information content (AvgIpc) is 3.34. The molecule has 2 aromatic carbocycles. The quantitative estimate of drug-likeness (QED) is 0.671. The Kier molecular flexibility index (Phi) is 7.66. The molecule has 2 heterocycles. The van der Waals surface area contributed by atoms with Crippen molar-refractivity contribution in [2.45, 2.75) is 31.6 Å². The summed E-state index contributed by atoms with van der Waals surface area (Å²) < 4.78 is 0. The maximum atomic E-state index is 12.7. The molecule has 0 unspecified atom stereocenters. The molecule has 3 amide bonds. The smallest absolute Gasteiger partial charge is 0.321 e. The van der Waals surface area contributed by atoms with E-state index in [1.807, 2.05) is 23.1 Å². The number of hydrogen-bond acceptors (Lipinski definition) is 3. The molecular weight excluding hydrogens is 424 g/mol. The number of amides is 3. The number of anilines is 1. The minimum Gasteiger partial charge on any atom is -0.351 e. The normalized spacial score (nSPS) is 19.0. The van der Waals surface area contributed by atoms with Crippen molar-refractivity contribution in [2.24, 2.45) is 0 Å². The summed E-state index contributed by atoms with van der Waals surface area (Å²) in [6.45, 7) is 5.22. The van der Waals surface area contributed by atoms with E-state index in [0.29, 0.717) is 23.7 Å². The van der Waals surface area contributed by atoms with Gasteiger partial charge < -0.3 is 20.4 Å². The minimum absolute atomic E-state index is 0.0285. The van der Waals surface area contributed by atoms with E-state index in [1.54, 1.807) is 24.3 Å². The SMILES string of the molecule is O=C(NCCN1CCCC1)c1cccc([C@@H]2CCCN(C(=O)Nc3ccc(Cl)cc3)C2)c1. The molecule has 0 saturated carbocycles. The summed E-state index contributed by atoms with van der Waals surface area (Å²) in [5.41, 5.74) is 2.53.